The summed E-state index contributed by atoms with van der Waals surface area (Å²) in [6, 6.07) is 0. The van der Waals surface area contributed by atoms with Gasteiger partial charge in [-0.25, -0.2) is 0 Å². The second-order valence-electron chi connectivity index (χ2n) is 5.46. The van der Waals surface area contributed by atoms with Crippen molar-refractivity contribution >= 4 is 0 Å². The highest BCUT2D eigenvalue weighted by Crippen LogP contribution is 2.58. The Morgan fingerprint density at radius 1 is 0.500 bits per heavy atom. The summed E-state index contributed by atoms with van der Waals surface area (Å²) >= 11 is 0. The number of rotatable bonds is 3. The normalized spacial score (nSPS) is 35.2. The highest BCUT2D eigenvalue weighted by atomic mass is 14.6. The highest BCUT2D eigenvalue weighted by molar-refractivity contribution is 5.00. The Morgan fingerprint density at radius 3 is 0.750 bits per heavy atom. The molecule has 0 radical (unpaired) electrons. The molecule has 0 unspecified atom stereocenters. The molecule has 72 valence electrons. The maximum absolute atomic E-state index is 2.38. The average molecular weight is 168 g/mol. The molecule has 12 heavy (non-hydrogen) atoms. The zero-order valence-corrected chi connectivity index (χ0v) is 9.46. The van der Waals surface area contributed by atoms with Crippen molar-refractivity contribution < 1.29 is 0 Å². The summed E-state index contributed by atoms with van der Waals surface area (Å²) in [5, 5.41) is 0. The van der Waals surface area contributed by atoms with E-state index in [-0.39, 0.29) is 0 Å². The second-order valence-corrected chi connectivity index (χ2v) is 5.46. The molecular formula is C12H24. The van der Waals surface area contributed by atoms with Crippen LogP contribution in [0.25, 0.3) is 0 Å². The summed E-state index contributed by atoms with van der Waals surface area (Å²) in [5.74, 6) is 5.74. The van der Waals surface area contributed by atoms with Gasteiger partial charge in [-0.2, -0.15) is 0 Å². The molecule has 0 aromatic carbocycles. The molecule has 1 aliphatic rings. The Balaban J connectivity index is 2.55. The van der Waals surface area contributed by atoms with E-state index in [4.69, 9.17) is 0 Å². The van der Waals surface area contributed by atoms with E-state index in [1.165, 1.54) is 0 Å². The molecule has 0 aromatic rings. The lowest BCUT2D eigenvalue weighted by atomic mass is 10.0. The van der Waals surface area contributed by atoms with E-state index in [0.717, 1.165) is 35.5 Å². The van der Waals surface area contributed by atoms with Gasteiger partial charge in [0.15, 0.2) is 0 Å². The Kier molecular flexibility index (Phi) is 2.85. The molecule has 1 rings (SSSR count). The minimum Gasteiger partial charge on any atom is -0.0625 e. The van der Waals surface area contributed by atoms with Crippen molar-refractivity contribution in [1.82, 2.24) is 0 Å². The van der Waals surface area contributed by atoms with Crippen LogP contribution in [0.4, 0.5) is 0 Å². The van der Waals surface area contributed by atoms with Crippen molar-refractivity contribution in [1.29, 1.82) is 0 Å². The van der Waals surface area contributed by atoms with Crippen molar-refractivity contribution in [2.75, 3.05) is 0 Å². The lowest BCUT2D eigenvalue weighted by Crippen LogP contribution is -1.97. The van der Waals surface area contributed by atoms with Crippen molar-refractivity contribution in [3.8, 4) is 0 Å². The second kappa shape index (κ2) is 3.40. The zero-order valence-electron chi connectivity index (χ0n) is 9.46. The van der Waals surface area contributed by atoms with Crippen LogP contribution in [0.1, 0.15) is 41.5 Å². The van der Waals surface area contributed by atoms with Gasteiger partial charge >= 0.3 is 0 Å². The standard InChI is InChI=1S/C12H24/c1-7(2)10-11(8(3)4)12(10)9(5)6/h7-12H,1-6H3. The molecule has 0 bridgehead atoms. The minimum absolute atomic E-state index is 0.893. The molecule has 0 amide bonds. The molecule has 0 aliphatic heterocycles. The van der Waals surface area contributed by atoms with Crippen LogP contribution in [-0.4, -0.2) is 0 Å². The van der Waals surface area contributed by atoms with Crippen LogP contribution >= 0.6 is 0 Å². The Bertz CT molecular complexity index is 110. The third-order valence-electron chi connectivity index (χ3n) is 3.50. The highest BCUT2D eigenvalue weighted by Gasteiger charge is 2.53. The quantitative estimate of drug-likeness (QED) is 0.601. The molecule has 0 N–H and O–H groups in total. The number of hydrogen-bond donors (Lipinski definition) is 0. The van der Waals surface area contributed by atoms with Gasteiger partial charge in [0.25, 0.3) is 0 Å². The first-order valence-electron chi connectivity index (χ1n) is 5.46. The zero-order chi connectivity index (χ0) is 9.46. The van der Waals surface area contributed by atoms with Gasteiger partial charge < -0.3 is 0 Å². The maximum atomic E-state index is 2.38. The van der Waals surface area contributed by atoms with E-state index in [9.17, 15) is 0 Å². The van der Waals surface area contributed by atoms with Crippen LogP contribution in [-0.2, 0) is 0 Å². The summed E-state index contributed by atoms with van der Waals surface area (Å²) in [6.07, 6.45) is 0. The predicted octanol–water partition coefficient (Wildman–Crippen LogP) is 3.82. The molecule has 1 saturated carbocycles. The fraction of sp³-hybridized carbons (Fsp3) is 1.00. The smallest absolute Gasteiger partial charge is 0.0324 e. The van der Waals surface area contributed by atoms with Crippen molar-refractivity contribution in [2.45, 2.75) is 41.5 Å². The molecule has 0 aromatic heterocycles. The van der Waals surface area contributed by atoms with Crippen LogP contribution in [0.2, 0.25) is 0 Å². The van der Waals surface area contributed by atoms with E-state index in [1.807, 2.05) is 0 Å². The van der Waals surface area contributed by atoms with Gasteiger partial charge in [-0.3, -0.25) is 0 Å². The van der Waals surface area contributed by atoms with Gasteiger partial charge in [0.2, 0.25) is 0 Å². The largest absolute Gasteiger partial charge is 0.0625 e. The predicted molar refractivity (Wildman–Crippen MR) is 55.0 cm³/mol. The third kappa shape index (κ3) is 1.67. The molecule has 0 heteroatoms. The Hall–Kier alpha value is 0. The van der Waals surface area contributed by atoms with Gasteiger partial charge in [-0.05, 0) is 35.5 Å². The number of hydrogen-bond acceptors (Lipinski definition) is 0. The van der Waals surface area contributed by atoms with Crippen molar-refractivity contribution in [3.05, 3.63) is 0 Å². The van der Waals surface area contributed by atoms with Gasteiger partial charge in [0.05, 0.1) is 0 Å². The topological polar surface area (TPSA) is 0 Å². The summed E-state index contributed by atoms with van der Waals surface area (Å²) in [5.41, 5.74) is 0. The molecule has 1 aliphatic carbocycles. The third-order valence-corrected chi connectivity index (χ3v) is 3.50. The van der Waals surface area contributed by atoms with Crippen LogP contribution in [0.3, 0.4) is 0 Å². The fourth-order valence-corrected chi connectivity index (χ4v) is 3.05. The molecule has 0 spiro atoms. The van der Waals surface area contributed by atoms with E-state index in [0.29, 0.717) is 0 Å². The molecule has 1 fully saturated rings. The summed E-state index contributed by atoms with van der Waals surface area (Å²) < 4.78 is 0. The van der Waals surface area contributed by atoms with E-state index >= 15 is 0 Å². The lowest BCUT2D eigenvalue weighted by Gasteiger charge is -2.04. The van der Waals surface area contributed by atoms with Crippen LogP contribution in [0.5, 0.6) is 0 Å². The molecule has 0 nitrogen and oxygen atoms in total. The lowest BCUT2D eigenvalue weighted by molar-refractivity contribution is 0.448. The van der Waals surface area contributed by atoms with E-state index < -0.39 is 0 Å². The molecule has 0 heterocycles. The Labute approximate surface area is 77.7 Å². The first kappa shape index (κ1) is 10.1. The first-order chi connectivity index (χ1) is 5.46. The Morgan fingerprint density at radius 2 is 0.667 bits per heavy atom. The molecular weight excluding hydrogens is 144 g/mol. The summed E-state index contributed by atoms with van der Waals surface area (Å²) in [7, 11) is 0. The first-order valence-corrected chi connectivity index (χ1v) is 5.46. The van der Waals surface area contributed by atoms with Gasteiger partial charge in [0, 0.05) is 0 Å². The van der Waals surface area contributed by atoms with Crippen molar-refractivity contribution in [3.63, 3.8) is 0 Å². The van der Waals surface area contributed by atoms with E-state index in [1.54, 1.807) is 0 Å². The van der Waals surface area contributed by atoms with Gasteiger partial charge in [-0.1, -0.05) is 41.5 Å². The van der Waals surface area contributed by atoms with Crippen molar-refractivity contribution in [2.24, 2.45) is 35.5 Å². The summed E-state index contributed by atoms with van der Waals surface area (Å²) in [6.45, 7) is 14.3. The molecule has 0 atom stereocenters. The van der Waals surface area contributed by atoms with Gasteiger partial charge in [-0.15, -0.1) is 0 Å². The van der Waals surface area contributed by atoms with Gasteiger partial charge in [0.1, 0.15) is 0 Å². The monoisotopic (exact) mass is 168 g/mol. The average Bonchev–Trinajstić information content (AvgIpc) is 2.58. The SMILES string of the molecule is CC(C)C1C(C(C)C)C1C(C)C. The summed E-state index contributed by atoms with van der Waals surface area (Å²) in [4.78, 5) is 0. The van der Waals surface area contributed by atoms with Crippen LogP contribution in [0.15, 0.2) is 0 Å². The van der Waals surface area contributed by atoms with Crippen LogP contribution < -0.4 is 0 Å². The fourth-order valence-electron chi connectivity index (χ4n) is 3.05. The minimum atomic E-state index is 0.893. The van der Waals surface area contributed by atoms with E-state index in [2.05, 4.69) is 41.5 Å². The molecule has 0 saturated heterocycles. The van der Waals surface area contributed by atoms with Crippen LogP contribution in [0, 0.1) is 35.5 Å². The maximum Gasteiger partial charge on any atom is -0.0324 e.